The zero-order chi connectivity index (χ0) is 16.2. The van der Waals surface area contributed by atoms with E-state index >= 15 is 0 Å². The number of rotatable bonds is 5. The monoisotopic (exact) mass is 299 g/mol. The summed E-state index contributed by atoms with van der Waals surface area (Å²) in [7, 11) is 0. The Morgan fingerprint density at radius 3 is 1.73 bits per heavy atom. The minimum Gasteiger partial charge on any atom is -0.296 e. The van der Waals surface area contributed by atoms with E-state index in [2.05, 4.69) is 0 Å². The number of alkyl halides is 1. The van der Waals surface area contributed by atoms with E-state index < -0.39 is 17.4 Å². The summed E-state index contributed by atoms with van der Waals surface area (Å²) < 4.78 is 14.8. The maximum Gasteiger partial charge on any atom is 0.276 e. The standard InChI is InChI=1S/C18H18FNO2/c1-3-16(21)18(2,19)17(22)20(14-10-6-4-7-11-14)15-12-8-5-9-13-15/h4-13H,3H2,1-2H3/t18-/m1/s1. The molecule has 0 aliphatic heterocycles. The molecule has 0 heterocycles. The summed E-state index contributed by atoms with van der Waals surface area (Å²) in [5, 5.41) is 0. The van der Waals surface area contributed by atoms with Crippen LogP contribution in [0.3, 0.4) is 0 Å². The molecule has 1 amide bonds. The van der Waals surface area contributed by atoms with E-state index in [1.807, 2.05) is 12.1 Å². The van der Waals surface area contributed by atoms with E-state index in [0.717, 1.165) is 6.92 Å². The smallest absolute Gasteiger partial charge is 0.276 e. The number of para-hydroxylation sites is 2. The SMILES string of the molecule is CCC(=O)[C@@](C)(F)C(=O)N(c1ccccc1)c1ccccc1. The zero-order valence-corrected chi connectivity index (χ0v) is 12.6. The Balaban J connectivity index is 2.51. The Hall–Kier alpha value is -2.49. The average molecular weight is 299 g/mol. The number of hydrogen-bond donors (Lipinski definition) is 0. The van der Waals surface area contributed by atoms with Gasteiger partial charge in [-0.15, -0.1) is 0 Å². The van der Waals surface area contributed by atoms with Crippen LogP contribution in [-0.4, -0.2) is 17.4 Å². The normalized spacial score (nSPS) is 13.2. The second-order valence-electron chi connectivity index (χ2n) is 5.09. The van der Waals surface area contributed by atoms with Crippen LogP contribution in [0.25, 0.3) is 0 Å². The third-order valence-corrected chi connectivity index (χ3v) is 3.48. The van der Waals surface area contributed by atoms with Gasteiger partial charge in [0.15, 0.2) is 5.78 Å². The highest BCUT2D eigenvalue weighted by Gasteiger charge is 2.43. The van der Waals surface area contributed by atoms with Crippen LogP contribution in [0.2, 0.25) is 0 Å². The Labute approximate surface area is 129 Å². The van der Waals surface area contributed by atoms with Crippen LogP contribution < -0.4 is 4.90 Å². The average Bonchev–Trinajstić information content (AvgIpc) is 2.56. The lowest BCUT2D eigenvalue weighted by atomic mass is 9.98. The third kappa shape index (κ3) is 3.06. The predicted molar refractivity (Wildman–Crippen MR) is 84.8 cm³/mol. The van der Waals surface area contributed by atoms with Crippen LogP contribution in [0.4, 0.5) is 15.8 Å². The molecule has 0 N–H and O–H groups in total. The molecule has 0 spiro atoms. The largest absolute Gasteiger partial charge is 0.296 e. The van der Waals surface area contributed by atoms with E-state index in [1.165, 1.54) is 4.90 Å². The number of halogens is 1. The molecule has 0 radical (unpaired) electrons. The molecule has 0 saturated carbocycles. The molecule has 2 aromatic rings. The van der Waals surface area contributed by atoms with E-state index in [4.69, 9.17) is 0 Å². The van der Waals surface area contributed by atoms with Crippen LogP contribution in [0.15, 0.2) is 60.7 Å². The van der Waals surface area contributed by atoms with Crippen molar-refractivity contribution in [2.45, 2.75) is 25.9 Å². The zero-order valence-electron chi connectivity index (χ0n) is 12.6. The minimum absolute atomic E-state index is 0.0316. The molecule has 0 unspecified atom stereocenters. The molecule has 0 aliphatic rings. The Kier molecular flexibility index (Phi) is 4.71. The van der Waals surface area contributed by atoms with Crippen molar-refractivity contribution in [1.29, 1.82) is 0 Å². The number of nitrogens with zero attached hydrogens (tertiary/aromatic N) is 1. The number of Topliss-reactive ketones (excluding diaryl/α,β-unsaturated/α-hetero) is 1. The van der Waals surface area contributed by atoms with E-state index in [0.29, 0.717) is 11.4 Å². The highest BCUT2D eigenvalue weighted by molar-refractivity contribution is 6.17. The Bertz CT molecular complexity index is 614. The maximum absolute atomic E-state index is 14.8. The molecule has 0 aliphatic carbocycles. The highest BCUT2D eigenvalue weighted by atomic mass is 19.1. The quantitative estimate of drug-likeness (QED) is 0.781. The highest BCUT2D eigenvalue weighted by Crippen LogP contribution is 2.30. The lowest BCUT2D eigenvalue weighted by molar-refractivity contribution is -0.140. The fourth-order valence-corrected chi connectivity index (χ4v) is 2.20. The second-order valence-corrected chi connectivity index (χ2v) is 5.09. The van der Waals surface area contributed by atoms with Crippen LogP contribution in [0.1, 0.15) is 20.3 Å². The van der Waals surface area contributed by atoms with Crippen LogP contribution in [0, 0.1) is 0 Å². The first-order valence-corrected chi connectivity index (χ1v) is 7.15. The van der Waals surface area contributed by atoms with Gasteiger partial charge in [0.1, 0.15) is 0 Å². The van der Waals surface area contributed by atoms with Gasteiger partial charge in [-0.05, 0) is 31.2 Å². The Morgan fingerprint density at radius 1 is 0.955 bits per heavy atom. The van der Waals surface area contributed by atoms with Crippen molar-refractivity contribution < 1.29 is 14.0 Å². The first-order chi connectivity index (χ1) is 10.5. The van der Waals surface area contributed by atoms with Gasteiger partial charge >= 0.3 is 0 Å². The summed E-state index contributed by atoms with van der Waals surface area (Å²) in [5.41, 5.74) is -1.52. The molecule has 4 heteroatoms. The van der Waals surface area contributed by atoms with E-state index in [1.54, 1.807) is 55.5 Å². The van der Waals surface area contributed by atoms with Gasteiger partial charge in [0, 0.05) is 17.8 Å². The molecule has 0 aromatic heterocycles. The van der Waals surface area contributed by atoms with Crippen molar-refractivity contribution in [2.75, 3.05) is 4.90 Å². The molecular formula is C18H18FNO2. The second kappa shape index (κ2) is 6.52. The van der Waals surface area contributed by atoms with Crippen molar-refractivity contribution in [3.05, 3.63) is 60.7 Å². The summed E-state index contributed by atoms with van der Waals surface area (Å²) in [6, 6.07) is 17.5. The van der Waals surface area contributed by atoms with Crippen molar-refractivity contribution >= 4 is 23.1 Å². The molecule has 114 valence electrons. The minimum atomic E-state index is -2.56. The molecule has 2 rings (SSSR count). The van der Waals surface area contributed by atoms with Gasteiger partial charge < -0.3 is 0 Å². The van der Waals surface area contributed by atoms with Gasteiger partial charge in [0.25, 0.3) is 5.91 Å². The lowest BCUT2D eigenvalue weighted by Crippen LogP contribution is -2.47. The van der Waals surface area contributed by atoms with E-state index in [-0.39, 0.29) is 6.42 Å². The Morgan fingerprint density at radius 2 is 1.36 bits per heavy atom. The summed E-state index contributed by atoms with van der Waals surface area (Å²) in [6.07, 6.45) is -0.0316. The first-order valence-electron chi connectivity index (χ1n) is 7.15. The molecule has 1 atom stereocenters. The van der Waals surface area contributed by atoms with Crippen molar-refractivity contribution in [3.63, 3.8) is 0 Å². The van der Waals surface area contributed by atoms with Crippen LogP contribution in [-0.2, 0) is 9.59 Å². The molecule has 0 bridgehead atoms. The van der Waals surface area contributed by atoms with Gasteiger partial charge in [0.2, 0.25) is 5.67 Å². The number of anilines is 2. The number of ketones is 1. The molecule has 0 saturated heterocycles. The van der Waals surface area contributed by atoms with Crippen molar-refractivity contribution in [2.24, 2.45) is 0 Å². The summed E-state index contributed by atoms with van der Waals surface area (Å²) in [5.74, 6) is -1.61. The number of hydrogen-bond acceptors (Lipinski definition) is 2. The van der Waals surface area contributed by atoms with Crippen LogP contribution >= 0.6 is 0 Å². The third-order valence-electron chi connectivity index (χ3n) is 3.48. The predicted octanol–water partition coefficient (Wildman–Crippen LogP) is 4.06. The van der Waals surface area contributed by atoms with Gasteiger partial charge in [-0.2, -0.15) is 0 Å². The molecule has 0 fully saturated rings. The van der Waals surface area contributed by atoms with Crippen molar-refractivity contribution in [1.82, 2.24) is 0 Å². The number of carbonyl (C=O) groups is 2. The van der Waals surface area contributed by atoms with Gasteiger partial charge in [-0.1, -0.05) is 43.3 Å². The first kappa shape index (κ1) is 15.9. The van der Waals surface area contributed by atoms with Gasteiger partial charge in [0.05, 0.1) is 0 Å². The molecule has 2 aromatic carbocycles. The topological polar surface area (TPSA) is 37.4 Å². The number of carbonyl (C=O) groups excluding carboxylic acids is 2. The van der Waals surface area contributed by atoms with Gasteiger partial charge in [-0.3, -0.25) is 14.5 Å². The maximum atomic E-state index is 14.8. The molecule has 22 heavy (non-hydrogen) atoms. The fraction of sp³-hybridized carbons (Fsp3) is 0.222. The summed E-state index contributed by atoms with van der Waals surface area (Å²) in [6.45, 7) is 2.57. The van der Waals surface area contributed by atoms with Gasteiger partial charge in [-0.25, -0.2) is 4.39 Å². The van der Waals surface area contributed by atoms with E-state index in [9.17, 15) is 14.0 Å². The lowest BCUT2D eigenvalue weighted by Gasteiger charge is -2.28. The number of benzene rings is 2. The number of amides is 1. The van der Waals surface area contributed by atoms with Crippen LogP contribution in [0.5, 0.6) is 0 Å². The molecular weight excluding hydrogens is 281 g/mol. The molecule has 3 nitrogen and oxygen atoms in total. The fourth-order valence-electron chi connectivity index (χ4n) is 2.20. The summed E-state index contributed by atoms with van der Waals surface area (Å²) >= 11 is 0. The summed E-state index contributed by atoms with van der Waals surface area (Å²) in [4.78, 5) is 25.8. The van der Waals surface area contributed by atoms with Crippen molar-refractivity contribution in [3.8, 4) is 0 Å².